The van der Waals surface area contributed by atoms with E-state index in [2.05, 4.69) is 43.5 Å². The van der Waals surface area contributed by atoms with Gasteiger partial charge in [-0.05, 0) is 35.2 Å². The van der Waals surface area contributed by atoms with E-state index in [1.165, 1.54) is 5.56 Å². The zero-order chi connectivity index (χ0) is 15.3. The van der Waals surface area contributed by atoms with Crippen molar-refractivity contribution in [1.82, 2.24) is 0 Å². The summed E-state index contributed by atoms with van der Waals surface area (Å²) >= 11 is 0. The third-order valence-corrected chi connectivity index (χ3v) is 3.26. The van der Waals surface area contributed by atoms with Crippen molar-refractivity contribution in [3.8, 4) is 0 Å². The number of amides is 1. The Morgan fingerprint density at radius 2 is 1.52 bits per heavy atom. The molecule has 0 aliphatic heterocycles. The summed E-state index contributed by atoms with van der Waals surface area (Å²) in [5.41, 5.74) is 3.14. The van der Waals surface area contributed by atoms with Crippen LogP contribution in [0.15, 0.2) is 54.6 Å². The fraction of sp³-hybridized carbons (Fsp3) is 0.278. The van der Waals surface area contributed by atoms with Gasteiger partial charge < -0.3 is 10.6 Å². The normalized spacial score (nSPS) is 11.0. The summed E-state index contributed by atoms with van der Waals surface area (Å²) in [5.74, 6) is -0.0534. The summed E-state index contributed by atoms with van der Waals surface area (Å²) in [6.45, 7) is 6.77. The number of para-hydroxylation sites is 1. The van der Waals surface area contributed by atoms with Crippen LogP contribution in [0.2, 0.25) is 0 Å². The predicted octanol–water partition coefficient (Wildman–Crippen LogP) is 4.03. The zero-order valence-corrected chi connectivity index (χ0v) is 12.8. The highest BCUT2D eigenvalue weighted by atomic mass is 16.1. The fourth-order valence-electron chi connectivity index (χ4n) is 2.00. The maximum Gasteiger partial charge on any atom is 0.243 e. The molecule has 0 aromatic heterocycles. The van der Waals surface area contributed by atoms with Crippen LogP contribution in [0.4, 0.5) is 11.4 Å². The van der Waals surface area contributed by atoms with Crippen LogP contribution in [0.3, 0.4) is 0 Å². The van der Waals surface area contributed by atoms with E-state index in [1.54, 1.807) is 0 Å². The largest absolute Gasteiger partial charge is 0.376 e. The summed E-state index contributed by atoms with van der Waals surface area (Å²) < 4.78 is 0. The van der Waals surface area contributed by atoms with E-state index in [9.17, 15) is 4.79 Å². The summed E-state index contributed by atoms with van der Waals surface area (Å²) in [7, 11) is 0. The van der Waals surface area contributed by atoms with E-state index in [0.29, 0.717) is 0 Å². The molecule has 110 valence electrons. The molecule has 3 nitrogen and oxygen atoms in total. The molecule has 1 amide bonds. The summed E-state index contributed by atoms with van der Waals surface area (Å²) in [4.78, 5) is 11.9. The Morgan fingerprint density at radius 1 is 0.905 bits per heavy atom. The van der Waals surface area contributed by atoms with E-state index >= 15 is 0 Å². The van der Waals surface area contributed by atoms with Gasteiger partial charge in [0, 0.05) is 11.4 Å². The van der Waals surface area contributed by atoms with Crippen LogP contribution in [0.25, 0.3) is 0 Å². The third kappa shape index (κ3) is 4.63. The van der Waals surface area contributed by atoms with Gasteiger partial charge in [-0.15, -0.1) is 0 Å². The molecule has 2 aromatic carbocycles. The highest BCUT2D eigenvalue weighted by Crippen LogP contribution is 2.23. The van der Waals surface area contributed by atoms with Crippen LogP contribution in [0.1, 0.15) is 26.3 Å². The molecular weight excluding hydrogens is 260 g/mol. The molecule has 3 heteroatoms. The number of hydrogen-bond acceptors (Lipinski definition) is 2. The van der Waals surface area contributed by atoms with E-state index in [4.69, 9.17) is 0 Å². The Morgan fingerprint density at radius 3 is 2.10 bits per heavy atom. The Balaban J connectivity index is 1.88. The van der Waals surface area contributed by atoms with Crippen molar-refractivity contribution in [3.05, 3.63) is 60.2 Å². The average Bonchev–Trinajstić information content (AvgIpc) is 2.46. The van der Waals surface area contributed by atoms with Gasteiger partial charge >= 0.3 is 0 Å². The van der Waals surface area contributed by atoms with Gasteiger partial charge in [-0.25, -0.2) is 0 Å². The summed E-state index contributed by atoms with van der Waals surface area (Å²) in [6, 6.07) is 17.7. The van der Waals surface area contributed by atoms with Gasteiger partial charge in [0.05, 0.1) is 6.54 Å². The van der Waals surface area contributed by atoms with Crippen LogP contribution >= 0.6 is 0 Å². The maximum atomic E-state index is 11.9. The van der Waals surface area contributed by atoms with Crippen LogP contribution in [0, 0.1) is 0 Å². The number of anilines is 2. The summed E-state index contributed by atoms with van der Waals surface area (Å²) in [6.07, 6.45) is 0. The van der Waals surface area contributed by atoms with Crippen molar-refractivity contribution < 1.29 is 4.79 Å². The lowest BCUT2D eigenvalue weighted by molar-refractivity contribution is -0.114. The minimum atomic E-state index is -0.0534. The first kappa shape index (κ1) is 15.1. The number of carbonyl (C=O) groups is 1. The molecule has 0 spiro atoms. The molecule has 2 aromatic rings. The van der Waals surface area contributed by atoms with Crippen LogP contribution < -0.4 is 10.6 Å². The smallest absolute Gasteiger partial charge is 0.243 e. The Hall–Kier alpha value is -2.29. The number of carbonyl (C=O) groups excluding carboxylic acids is 1. The molecule has 21 heavy (non-hydrogen) atoms. The second-order valence-corrected chi connectivity index (χ2v) is 6.10. The number of rotatable bonds is 4. The molecule has 0 heterocycles. The molecule has 0 saturated heterocycles. The zero-order valence-electron chi connectivity index (χ0n) is 12.8. The Labute approximate surface area is 126 Å². The van der Waals surface area contributed by atoms with Crippen LogP contribution in [-0.2, 0) is 10.2 Å². The minimum Gasteiger partial charge on any atom is -0.376 e. The SMILES string of the molecule is CC(C)(C)c1ccc(NC(=O)CNc2ccccc2)cc1. The van der Waals surface area contributed by atoms with Gasteiger partial charge in [-0.3, -0.25) is 4.79 Å². The predicted molar refractivity (Wildman–Crippen MR) is 88.7 cm³/mol. The van der Waals surface area contributed by atoms with Gasteiger partial charge in [-0.1, -0.05) is 51.1 Å². The van der Waals surface area contributed by atoms with Gasteiger partial charge in [0.1, 0.15) is 0 Å². The number of hydrogen-bond donors (Lipinski definition) is 2. The van der Waals surface area contributed by atoms with Crippen molar-refractivity contribution in [2.24, 2.45) is 0 Å². The first-order valence-corrected chi connectivity index (χ1v) is 7.14. The molecule has 0 atom stereocenters. The highest BCUT2D eigenvalue weighted by molar-refractivity contribution is 5.93. The van der Waals surface area contributed by atoms with E-state index in [-0.39, 0.29) is 17.9 Å². The second-order valence-electron chi connectivity index (χ2n) is 6.10. The number of benzene rings is 2. The minimum absolute atomic E-state index is 0.0534. The van der Waals surface area contributed by atoms with E-state index in [1.807, 2.05) is 42.5 Å². The van der Waals surface area contributed by atoms with Crippen molar-refractivity contribution in [2.75, 3.05) is 17.2 Å². The molecule has 0 aliphatic carbocycles. The lowest BCUT2D eigenvalue weighted by Crippen LogP contribution is -2.21. The first-order valence-electron chi connectivity index (χ1n) is 7.14. The Kier molecular flexibility index (Phi) is 4.63. The van der Waals surface area contributed by atoms with Gasteiger partial charge in [-0.2, -0.15) is 0 Å². The van der Waals surface area contributed by atoms with Crippen molar-refractivity contribution in [2.45, 2.75) is 26.2 Å². The van der Waals surface area contributed by atoms with Crippen molar-refractivity contribution in [3.63, 3.8) is 0 Å². The van der Waals surface area contributed by atoms with Gasteiger partial charge in [0.25, 0.3) is 0 Å². The monoisotopic (exact) mass is 282 g/mol. The van der Waals surface area contributed by atoms with Gasteiger partial charge in [0.15, 0.2) is 0 Å². The molecule has 0 fully saturated rings. The standard InChI is InChI=1S/C18H22N2O/c1-18(2,3)14-9-11-16(12-10-14)20-17(21)13-19-15-7-5-4-6-8-15/h4-12,19H,13H2,1-3H3,(H,20,21). The molecule has 0 saturated carbocycles. The quantitative estimate of drug-likeness (QED) is 0.888. The lowest BCUT2D eigenvalue weighted by atomic mass is 9.87. The van der Waals surface area contributed by atoms with Crippen molar-refractivity contribution >= 4 is 17.3 Å². The topological polar surface area (TPSA) is 41.1 Å². The maximum absolute atomic E-state index is 11.9. The van der Waals surface area contributed by atoms with Gasteiger partial charge in [0.2, 0.25) is 5.91 Å². The van der Waals surface area contributed by atoms with Crippen LogP contribution in [0.5, 0.6) is 0 Å². The molecular formula is C18H22N2O. The van der Waals surface area contributed by atoms with E-state index < -0.39 is 0 Å². The highest BCUT2D eigenvalue weighted by Gasteiger charge is 2.13. The van der Waals surface area contributed by atoms with Crippen molar-refractivity contribution in [1.29, 1.82) is 0 Å². The second kappa shape index (κ2) is 6.44. The molecule has 0 radical (unpaired) electrons. The fourth-order valence-corrected chi connectivity index (χ4v) is 2.00. The third-order valence-electron chi connectivity index (χ3n) is 3.26. The molecule has 0 unspecified atom stereocenters. The van der Waals surface area contributed by atoms with E-state index in [0.717, 1.165) is 11.4 Å². The molecule has 2 N–H and O–H groups in total. The lowest BCUT2D eigenvalue weighted by Gasteiger charge is -2.19. The van der Waals surface area contributed by atoms with Crippen LogP contribution in [-0.4, -0.2) is 12.5 Å². The first-order chi connectivity index (χ1) is 9.95. The number of nitrogens with one attached hydrogen (secondary N) is 2. The molecule has 2 rings (SSSR count). The molecule has 0 aliphatic rings. The molecule has 0 bridgehead atoms. The summed E-state index contributed by atoms with van der Waals surface area (Å²) in [5, 5.41) is 5.98. The Bertz CT molecular complexity index is 583. The average molecular weight is 282 g/mol.